The van der Waals surface area contributed by atoms with Gasteiger partial charge in [0.25, 0.3) is 0 Å². The second-order valence-electron chi connectivity index (χ2n) is 8.54. The molecule has 0 radical (unpaired) electrons. The maximum atomic E-state index is 2.45. The van der Waals surface area contributed by atoms with Gasteiger partial charge >= 0.3 is 0 Å². The summed E-state index contributed by atoms with van der Waals surface area (Å²) in [5.74, 6) is 2.17. The van der Waals surface area contributed by atoms with Crippen molar-refractivity contribution in [2.45, 2.75) is 25.2 Å². The van der Waals surface area contributed by atoms with Gasteiger partial charge in [-0.25, -0.2) is 0 Å². The van der Waals surface area contributed by atoms with E-state index in [2.05, 4.69) is 97.9 Å². The minimum absolute atomic E-state index is 0.524. The van der Waals surface area contributed by atoms with Crippen LogP contribution in [0, 0.1) is 11.8 Å². The summed E-state index contributed by atoms with van der Waals surface area (Å²) in [4.78, 5) is 0. The predicted molar refractivity (Wildman–Crippen MR) is 116 cm³/mol. The topological polar surface area (TPSA) is 0 Å². The largest absolute Gasteiger partial charge is 0.0767 e. The van der Waals surface area contributed by atoms with Gasteiger partial charge in [0.1, 0.15) is 0 Å². The zero-order valence-electron chi connectivity index (χ0n) is 16.2. The highest BCUT2D eigenvalue weighted by molar-refractivity contribution is 5.78. The second-order valence-corrected chi connectivity index (χ2v) is 8.54. The van der Waals surface area contributed by atoms with Crippen molar-refractivity contribution in [2.24, 2.45) is 11.8 Å². The summed E-state index contributed by atoms with van der Waals surface area (Å²) in [5, 5.41) is 0. The maximum Gasteiger partial charge on any atom is 0.00607 e. The Morgan fingerprint density at radius 3 is 2.43 bits per heavy atom. The first-order valence-electron chi connectivity index (χ1n) is 10.5. The van der Waals surface area contributed by atoms with Crippen LogP contribution < -0.4 is 0 Å². The summed E-state index contributed by atoms with van der Waals surface area (Å²) >= 11 is 0. The van der Waals surface area contributed by atoms with E-state index in [1.807, 2.05) is 0 Å². The molecular weight excluding hydrogens is 336 g/mol. The van der Waals surface area contributed by atoms with Crippen LogP contribution in [0.25, 0.3) is 11.1 Å². The third-order valence-corrected chi connectivity index (χ3v) is 7.26. The Morgan fingerprint density at radius 2 is 1.54 bits per heavy atom. The van der Waals surface area contributed by atoms with Crippen LogP contribution in [0.3, 0.4) is 0 Å². The predicted octanol–water partition coefficient (Wildman–Crippen LogP) is 6.89. The molecule has 0 N–H and O–H groups in total. The first-order valence-corrected chi connectivity index (χ1v) is 10.5. The summed E-state index contributed by atoms with van der Waals surface area (Å²) < 4.78 is 0. The summed E-state index contributed by atoms with van der Waals surface area (Å²) in [7, 11) is 0. The standard InChI is InChI=1S/C28H24/c1-18-21-13-7-15-24(21)28(19-9-3-2-4-10-19)27(18)25-16-8-14-23-22-12-6-5-11-20(22)17-26(23)25/h2-16,18,24,27-28H,17H2,1H3. The highest BCUT2D eigenvalue weighted by atomic mass is 14.5. The molecule has 1 saturated carbocycles. The van der Waals surface area contributed by atoms with Gasteiger partial charge in [-0.05, 0) is 51.6 Å². The van der Waals surface area contributed by atoms with Gasteiger partial charge in [-0.2, -0.15) is 0 Å². The quantitative estimate of drug-likeness (QED) is 0.365. The highest BCUT2D eigenvalue weighted by Gasteiger charge is 2.46. The Morgan fingerprint density at radius 1 is 0.750 bits per heavy atom. The lowest BCUT2D eigenvalue weighted by Crippen LogP contribution is -2.15. The van der Waals surface area contributed by atoms with Crippen LogP contribution in [0.1, 0.15) is 41.0 Å². The van der Waals surface area contributed by atoms with Crippen molar-refractivity contribution < 1.29 is 0 Å². The number of allylic oxidation sites excluding steroid dienone is 4. The molecule has 0 spiro atoms. The minimum Gasteiger partial charge on any atom is -0.0767 e. The van der Waals surface area contributed by atoms with E-state index < -0.39 is 0 Å². The lowest BCUT2D eigenvalue weighted by molar-refractivity contribution is 0.504. The third kappa shape index (κ3) is 2.18. The van der Waals surface area contributed by atoms with Crippen LogP contribution in [0.2, 0.25) is 0 Å². The monoisotopic (exact) mass is 360 g/mol. The van der Waals surface area contributed by atoms with Gasteiger partial charge in [0.15, 0.2) is 0 Å². The van der Waals surface area contributed by atoms with Crippen molar-refractivity contribution in [1.82, 2.24) is 0 Å². The first kappa shape index (κ1) is 16.1. The number of hydrogen-bond acceptors (Lipinski definition) is 0. The number of rotatable bonds is 2. The van der Waals surface area contributed by atoms with Crippen molar-refractivity contribution in [2.75, 3.05) is 0 Å². The average molecular weight is 361 g/mol. The Balaban J connectivity index is 1.53. The summed E-state index contributed by atoms with van der Waals surface area (Å²) in [6, 6.07) is 27.1. The minimum atomic E-state index is 0.524. The van der Waals surface area contributed by atoms with Crippen LogP contribution in [-0.2, 0) is 6.42 Å². The molecule has 0 bridgehead atoms. The van der Waals surface area contributed by atoms with Gasteiger partial charge in [-0.3, -0.25) is 0 Å². The lowest BCUT2D eigenvalue weighted by atomic mass is 9.76. The van der Waals surface area contributed by atoms with Crippen molar-refractivity contribution in [3.63, 3.8) is 0 Å². The van der Waals surface area contributed by atoms with E-state index in [4.69, 9.17) is 0 Å². The molecule has 6 rings (SSSR count). The Bertz CT molecular complexity index is 1120. The normalized spacial score (nSPS) is 26.7. The second kappa shape index (κ2) is 6.07. The molecule has 0 saturated heterocycles. The Hall–Kier alpha value is -2.86. The molecule has 0 heterocycles. The van der Waals surface area contributed by atoms with Crippen LogP contribution in [0.5, 0.6) is 0 Å². The van der Waals surface area contributed by atoms with Gasteiger partial charge in [0, 0.05) is 11.8 Å². The fourth-order valence-corrected chi connectivity index (χ4v) is 6.08. The Labute approximate surface area is 167 Å². The van der Waals surface area contributed by atoms with E-state index in [1.165, 1.54) is 22.3 Å². The van der Waals surface area contributed by atoms with Crippen LogP contribution >= 0.6 is 0 Å². The van der Waals surface area contributed by atoms with Crippen molar-refractivity contribution in [1.29, 1.82) is 0 Å². The smallest absolute Gasteiger partial charge is 0.00607 e. The zero-order valence-corrected chi connectivity index (χ0v) is 16.2. The SMILES string of the molecule is CC1C2=CC=CC2C(c2ccccc2)C1c1cccc2c1Cc1ccccc1-2. The fourth-order valence-electron chi connectivity index (χ4n) is 6.08. The van der Waals surface area contributed by atoms with Crippen LogP contribution in [0.15, 0.2) is 96.6 Å². The molecule has 0 aromatic heterocycles. The van der Waals surface area contributed by atoms with Crippen molar-refractivity contribution in [3.05, 3.63) is 119 Å². The van der Waals surface area contributed by atoms with Crippen molar-refractivity contribution in [3.8, 4) is 11.1 Å². The maximum absolute atomic E-state index is 2.45. The average Bonchev–Trinajstić information content (AvgIpc) is 3.42. The molecule has 3 aliphatic rings. The molecule has 3 aliphatic carbocycles. The third-order valence-electron chi connectivity index (χ3n) is 7.26. The van der Waals surface area contributed by atoms with E-state index >= 15 is 0 Å². The van der Waals surface area contributed by atoms with Gasteiger partial charge < -0.3 is 0 Å². The molecule has 3 aromatic carbocycles. The molecule has 4 unspecified atom stereocenters. The lowest BCUT2D eigenvalue weighted by Gasteiger charge is -2.27. The number of benzene rings is 3. The number of fused-ring (bicyclic) bond motifs is 4. The van der Waals surface area contributed by atoms with E-state index in [0.717, 1.165) is 6.42 Å². The molecule has 3 aromatic rings. The van der Waals surface area contributed by atoms with E-state index in [-0.39, 0.29) is 0 Å². The molecule has 1 fully saturated rings. The summed E-state index contributed by atoms with van der Waals surface area (Å²) in [6.07, 6.45) is 8.16. The van der Waals surface area contributed by atoms with E-state index in [9.17, 15) is 0 Å². The molecule has 0 amide bonds. The van der Waals surface area contributed by atoms with E-state index in [1.54, 1.807) is 16.7 Å². The van der Waals surface area contributed by atoms with Crippen LogP contribution in [-0.4, -0.2) is 0 Å². The van der Waals surface area contributed by atoms with Gasteiger partial charge in [0.05, 0.1) is 0 Å². The fraction of sp³-hybridized carbons (Fsp3) is 0.214. The highest BCUT2D eigenvalue weighted by Crippen LogP contribution is 2.59. The van der Waals surface area contributed by atoms with E-state index in [0.29, 0.717) is 23.7 Å². The van der Waals surface area contributed by atoms with Gasteiger partial charge in [0.2, 0.25) is 0 Å². The Kier molecular flexibility index (Phi) is 3.50. The molecule has 28 heavy (non-hydrogen) atoms. The van der Waals surface area contributed by atoms with Crippen molar-refractivity contribution >= 4 is 0 Å². The summed E-state index contributed by atoms with van der Waals surface area (Å²) in [6.45, 7) is 2.45. The molecule has 4 atom stereocenters. The zero-order chi connectivity index (χ0) is 18.7. The molecule has 0 nitrogen and oxygen atoms in total. The number of hydrogen-bond donors (Lipinski definition) is 0. The van der Waals surface area contributed by atoms with Gasteiger partial charge in [-0.1, -0.05) is 104 Å². The molecule has 0 aliphatic heterocycles. The molecule has 136 valence electrons. The molecular formula is C28H24. The van der Waals surface area contributed by atoms with Crippen LogP contribution in [0.4, 0.5) is 0 Å². The molecule has 0 heteroatoms. The first-order chi connectivity index (χ1) is 13.8. The van der Waals surface area contributed by atoms with Gasteiger partial charge in [-0.15, -0.1) is 0 Å². The summed E-state index contributed by atoms with van der Waals surface area (Å²) in [5.41, 5.74) is 10.6.